The zero-order valence-electron chi connectivity index (χ0n) is 22.4. The van der Waals surface area contributed by atoms with Crippen LogP contribution in [-0.4, -0.2) is 5.43 Å². The van der Waals surface area contributed by atoms with Crippen molar-refractivity contribution < 1.29 is 15.0 Å². The molecule has 186 valence electrons. The van der Waals surface area contributed by atoms with Gasteiger partial charge in [-0.05, 0) is 0 Å². The van der Waals surface area contributed by atoms with Crippen molar-refractivity contribution in [2.45, 2.75) is 80.6 Å². The standard InChI is InChI=1S/C16H13.C9H13.C6H14Si.2ClH.Zr/c1-12-10-14-8-5-9-15(16(14)11-12)13-6-3-2-4-7-13;1-6-5-7(2)9(4)8(6)3;1-3-5-7-6-4-2;;;/h2-11H,1H3;5H,1-4H3;3-6H2,1-2H3;2*1H;/q;;;;;+2/p-2. The Morgan fingerprint density at radius 1 is 0.743 bits per heavy atom. The summed E-state index contributed by atoms with van der Waals surface area (Å²) in [6.45, 7) is 16.2. The van der Waals surface area contributed by atoms with E-state index in [1.807, 2.05) is 0 Å². The second kappa shape index (κ2) is 10.2. The molecule has 2 aromatic carbocycles. The van der Waals surface area contributed by atoms with Crippen LogP contribution in [0.15, 0.2) is 76.4 Å². The van der Waals surface area contributed by atoms with E-state index in [4.69, 9.17) is 17.0 Å². The summed E-state index contributed by atoms with van der Waals surface area (Å²) in [5, 5.41) is 0. The molecule has 0 aliphatic heterocycles. The van der Waals surface area contributed by atoms with Crippen LogP contribution in [0.2, 0.25) is 15.7 Å². The molecule has 0 saturated heterocycles. The second-order valence-electron chi connectivity index (χ2n) is 10.8. The summed E-state index contributed by atoms with van der Waals surface area (Å²) in [6.07, 6.45) is 4.75. The van der Waals surface area contributed by atoms with Gasteiger partial charge in [0.15, 0.2) is 0 Å². The van der Waals surface area contributed by atoms with Gasteiger partial charge in [0.25, 0.3) is 0 Å². The van der Waals surface area contributed by atoms with E-state index in [1.165, 1.54) is 75.0 Å². The molecule has 0 fully saturated rings. The van der Waals surface area contributed by atoms with Crippen molar-refractivity contribution in [3.8, 4) is 11.1 Å². The summed E-state index contributed by atoms with van der Waals surface area (Å²) < 4.78 is 0.422. The molecular formula is C31H40Cl2SiZr. The number of hydrogen-bond donors (Lipinski definition) is 0. The van der Waals surface area contributed by atoms with Crippen molar-refractivity contribution in [2.24, 2.45) is 0 Å². The molecule has 2 aliphatic rings. The van der Waals surface area contributed by atoms with E-state index in [1.54, 1.807) is 0 Å². The molecule has 4 heteroatoms. The molecule has 0 spiro atoms. The summed E-state index contributed by atoms with van der Waals surface area (Å²) in [5.74, 6) is 0. The van der Waals surface area contributed by atoms with Gasteiger partial charge in [-0.1, -0.05) is 0 Å². The number of halogens is 2. The molecule has 0 bridgehead atoms. The van der Waals surface area contributed by atoms with Crippen LogP contribution in [0.1, 0.15) is 76.1 Å². The van der Waals surface area contributed by atoms with Crippen LogP contribution in [0.3, 0.4) is 0 Å². The molecule has 0 aromatic heterocycles. The Bertz CT molecular complexity index is 1290. The van der Waals surface area contributed by atoms with Crippen molar-refractivity contribution in [1.82, 2.24) is 0 Å². The zero-order chi connectivity index (χ0) is 25.6. The molecule has 0 radical (unpaired) electrons. The molecule has 0 saturated carbocycles. The number of allylic oxidation sites excluding steroid dienone is 5. The minimum atomic E-state index is -4.60. The summed E-state index contributed by atoms with van der Waals surface area (Å²) in [7, 11) is 17.0. The van der Waals surface area contributed by atoms with Crippen LogP contribution in [0.5, 0.6) is 0 Å². The Hall–Kier alpha value is -0.660. The number of rotatable bonds is 7. The van der Waals surface area contributed by atoms with E-state index < -0.39 is 20.4 Å². The zero-order valence-corrected chi connectivity index (χ0v) is 27.4. The van der Waals surface area contributed by atoms with Crippen LogP contribution >= 0.6 is 17.0 Å². The molecule has 0 heterocycles. The van der Waals surface area contributed by atoms with E-state index in [2.05, 4.69) is 103 Å². The first-order valence-electron chi connectivity index (χ1n) is 13.2. The van der Waals surface area contributed by atoms with Gasteiger partial charge >= 0.3 is 223 Å². The first-order chi connectivity index (χ1) is 16.6. The Balaban J connectivity index is 2.09. The van der Waals surface area contributed by atoms with E-state index in [9.17, 15) is 0 Å². The van der Waals surface area contributed by atoms with Crippen molar-refractivity contribution in [1.29, 1.82) is 0 Å². The predicted octanol–water partition coefficient (Wildman–Crippen LogP) is 11.1. The van der Waals surface area contributed by atoms with Gasteiger partial charge in [0.1, 0.15) is 0 Å². The van der Waals surface area contributed by atoms with Crippen molar-refractivity contribution in [3.05, 3.63) is 87.5 Å². The van der Waals surface area contributed by atoms with Gasteiger partial charge in [0.2, 0.25) is 0 Å². The average molecular weight is 603 g/mol. The minimum absolute atomic E-state index is 0.180. The van der Waals surface area contributed by atoms with Crippen LogP contribution in [-0.2, 0) is 15.0 Å². The normalized spacial score (nSPS) is 18.9. The molecular weight excluding hydrogens is 563 g/mol. The Kier molecular flexibility index (Phi) is 8.01. The molecule has 2 aromatic rings. The van der Waals surface area contributed by atoms with Crippen LogP contribution in [0.25, 0.3) is 17.2 Å². The molecule has 1 atom stereocenters. The fourth-order valence-corrected chi connectivity index (χ4v) is 55.9. The number of fused-ring (bicyclic) bond motifs is 1. The Morgan fingerprint density at radius 2 is 1.31 bits per heavy atom. The van der Waals surface area contributed by atoms with Crippen LogP contribution in [0, 0.1) is 0 Å². The third kappa shape index (κ3) is 4.29. The average Bonchev–Trinajstić information content (AvgIpc) is 3.29. The van der Waals surface area contributed by atoms with E-state index in [-0.39, 0.29) is 7.25 Å². The van der Waals surface area contributed by atoms with Crippen LogP contribution in [0.4, 0.5) is 0 Å². The molecule has 0 nitrogen and oxygen atoms in total. The van der Waals surface area contributed by atoms with E-state index in [0.717, 1.165) is 0 Å². The molecule has 0 amide bonds. The Morgan fingerprint density at radius 3 is 1.86 bits per heavy atom. The summed E-state index contributed by atoms with van der Waals surface area (Å²) in [6, 6.07) is 20.0. The fraction of sp³-hybridized carbons (Fsp3) is 0.419. The predicted molar refractivity (Wildman–Crippen MR) is 156 cm³/mol. The second-order valence-corrected chi connectivity index (χ2v) is 47.6. The SMILES string of the molecule is CCC[Si](CCC)=[Zr]([Cl])([Cl])([CH]1C(C)=C(C)C(C)=C1C)[CH]1C(C)=Cc2c(-c3ccccc3)cccc21. The topological polar surface area (TPSA) is 0 Å². The van der Waals surface area contributed by atoms with Gasteiger partial charge < -0.3 is 0 Å². The summed E-state index contributed by atoms with van der Waals surface area (Å²) in [5.41, 5.74) is 11.4. The van der Waals surface area contributed by atoms with Gasteiger partial charge in [-0.2, -0.15) is 0 Å². The van der Waals surface area contributed by atoms with Gasteiger partial charge in [-0.25, -0.2) is 0 Å². The van der Waals surface area contributed by atoms with Gasteiger partial charge in [0.05, 0.1) is 0 Å². The van der Waals surface area contributed by atoms with Crippen molar-refractivity contribution >= 4 is 28.5 Å². The molecule has 35 heavy (non-hydrogen) atoms. The van der Waals surface area contributed by atoms with Crippen LogP contribution < -0.4 is 0 Å². The fourth-order valence-electron chi connectivity index (χ4n) is 7.05. The van der Waals surface area contributed by atoms with Crippen molar-refractivity contribution in [3.63, 3.8) is 0 Å². The molecule has 4 rings (SSSR count). The first-order valence-corrected chi connectivity index (χ1v) is 28.0. The first kappa shape index (κ1) is 27.4. The number of hydrogen-bond acceptors (Lipinski definition) is 0. The maximum absolute atomic E-state index is 8.48. The van der Waals surface area contributed by atoms with Crippen molar-refractivity contribution in [2.75, 3.05) is 0 Å². The van der Waals surface area contributed by atoms with E-state index >= 15 is 0 Å². The van der Waals surface area contributed by atoms with Gasteiger partial charge in [0, 0.05) is 0 Å². The van der Waals surface area contributed by atoms with Gasteiger partial charge in [-0.15, -0.1) is 0 Å². The molecule has 1 unspecified atom stereocenters. The Labute approximate surface area is 221 Å². The summed E-state index contributed by atoms with van der Waals surface area (Å²) >= 11 is -4.60. The van der Waals surface area contributed by atoms with Gasteiger partial charge in [-0.3, -0.25) is 0 Å². The summed E-state index contributed by atoms with van der Waals surface area (Å²) in [4.78, 5) is 0. The van der Waals surface area contributed by atoms with E-state index in [0.29, 0.717) is 0 Å². The monoisotopic (exact) mass is 600 g/mol. The third-order valence-corrected chi connectivity index (χ3v) is 53.3. The molecule has 2 aliphatic carbocycles. The number of benzene rings is 2. The molecule has 0 N–H and O–H groups in total. The third-order valence-electron chi connectivity index (χ3n) is 8.81. The quantitative estimate of drug-likeness (QED) is 0.277. The maximum atomic E-state index is 8.48.